The zero-order valence-corrected chi connectivity index (χ0v) is 11.5. The molecule has 0 amide bonds. The van der Waals surface area contributed by atoms with Crippen LogP contribution in [-0.2, 0) is 13.1 Å². The molecule has 2 heterocycles. The van der Waals surface area contributed by atoms with Crippen molar-refractivity contribution in [1.29, 1.82) is 0 Å². The third-order valence-electron chi connectivity index (χ3n) is 2.50. The molecule has 2 aromatic rings. The van der Waals surface area contributed by atoms with Crippen LogP contribution in [0.1, 0.15) is 23.0 Å². The number of hydrogen-bond acceptors (Lipinski definition) is 4. The van der Waals surface area contributed by atoms with Crippen LogP contribution in [0, 0.1) is 13.8 Å². The molecule has 2 aromatic heterocycles. The van der Waals surface area contributed by atoms with Gasteiger partial charge in [0.2, 0.25) is 0 Å². The normalized spacial score (nSPS) is 11.2. The molecule has 0 aliphatic heterocycles. The van der Waals surface area contributed by atoms with Crippen LogP contribution in [0.3, 0.4) is 0 Å². The van der Waals surface area contributed by atoms with E-state index >= 15 is 0 Å². The zero-order chi connectivity index (χ0) is 13.1. The van der Waals surface area contributed by atoms with Gasteiger partial charge in [0.25, 0.3) is 0 Å². The number of halogens is 1. The number of rotatable bonds is 4. The fourth-order valence-corrected chi connectivity index (χ4v) is 2.05. The smallest absolute Gasteiger partial charge is 0.144 e. The lowest BCUT2D eigenvalue weighted by molar-refractivity contribution is 0.279. The number of aromatic nitrogens is 2. The van der Waals surface area contributed by atoms with E-state index in [0.717, 1.165) is 29.6 Å². The first kappa shape index (κ1) is 13.1. The molecule has 0 unspecified atom stereocenters. The molecule has 0 N–H and O–H groups in total. The Morgan fingerprint density at radius 1 is 1.22 bits per heavy atom. The molecule has 4 nitrogen and oxygen atoms in total. The van der Waals surface area contributed by atoms with Gasteiger partial charge in [-0.2, -0.15) is 0 Å². The molecule has 0 aliphatic rings. The Balaban J connectivity index is 2.00. The zero-order valence-electron chi connectivity index (χ0n) is 10.8. The summed E-state index contributed by atoms with van der Waals surface area (Å²) in [6, 6.07) is 5.69. The van der Waals surface area contributed by atoms with Crippen LogP contribution in [0.4, 0.5) is 0 Å². The summed E-state index contributed by atoms with van der Waals surface area (Å²) in [6.45, 7) is 5.21. The van der Waals surface area contributed by atoms with E-state index in [1.165, 1.54) is 0 Å². The first-order valence-electron chi connectivity index (χ1n) is 5.77. The molecule has 2 rings (SSSR count). The highest BCUT2D eigenvalue weighted by atomic mass is 35.5. The number of furan rings is 1. The fourth-order valence-electron chi connectivity index (χ4n) is 1.79. The summed E-state index contributed by atoms with van der Waals surface area (Å²) < 4.78 is 5.53. The molecule has 0 aromatic carbocycles. The van der Waals surface area contributed by atoms with Crippen molar-refractivity contribution in [3.8, 4) is 0 Å². The quantitative estimate of drug-likeness (QED) is 0.797. The molecule has 0 radical (unpaired) electrons. The minimum Gasteiger partial charge on any atom is -0.465 e. The van der Waals surface area contributed by atoms with Crippen LogP contribution >= 0.6 is 11.6 Å². The molecule has 18 heavy (non-hydrogen) atoms. The lowest BCUT2D eigenvalue weighted by Gasteiger charge is -2.14. The summed E-state index contributed by atoms with van der Waals surface area (Å²) in [4.78, 5) is 10.6. The van der Waals surface area contributed by atoms with Crippen LogP contribution in [-0.4, -0.2) is 21.9 Å². The Bertz CT molecular complexity index is 519. The molecular weight excluding hydrogens is 250 g/mol. The summed E-state index contributed by atoms with van der Waals surface area (Å²) >= 11 is 5.91. The Hall–Kier alpha value is -1.39. The topological polar surface area (TPSA) is 42.2 Å². The van der Waals surface area contributed by atoms with Crippen LogP contribution in [0.25, 0.3) is 0 Å². The Labute approximate surface area is 112 Å². The van der Waals surface area contributed by atoms with Gasteiger partial charge < -0.3 is 4.42 Å². The summed E-state index contributed by atoms with van der Waals surface area (Å²) in [6.07, 6.45) is 0. The maximum absolute atomic E-state index is 5.91. The van der Waals surface area contributed by atoms with E-state index in [-0.39, 0.29) is 0 Å². The van der Waals surface area contributed by atoms with Crippen molar-refractivity contribution in [2.75, 3.05) is 7.05 Å². The second-order valence-corrected chi connectivity index (χ2v) is 4.82. The molecule has 0 aliphatic carbocycles. The van der Waals surface area contributed by atoms with Gasteiger partial charge in [0.15, 0.2) is 0 Å². The van der Waals surface area contributed by atoms with E-state index in [9.17, 15) is 0 Å². The van der Waals surface area contributed by atoms with E-state index in [1.54, 1.807) is 6.07 Å². The van der Waals surface area contributed by atoms with Crippen molar-refractivity contribution >= 4 is 11.6 Å². The average molecular weight is 266 g/mol. The van der Waals surface area contributed by atoms with Gasteiger partial charge >= 0.3 is 0 Å². The predicted molar refractivity (Wildman–Crippen MR) is 70.4 cm³/mol. The molecular formula is C13H16ClN3O. The Kier molecular flexibility index (Phi) is 3.99. The van der Waals surface area contributed by atoms with Crippen LogP contribution in [0.15, 0.2) is 22.6 Å². The largest absolute Gasteiger partial charge is 0.465 e. The van der Waals surface area contributed by atoms with E-state index in [1.807, 2.05) is 33.0 Å². The molecule has 0 fully saturated rings. The fraction of sp³-hybridized carbons (Fsp3) is 0.385. The van der Waals surface area contributed by atoms with E-state index in [4.69, 9.17) is 16.0 Å². The molecule has 96 valence electrons. The first-order valence-corrected chi connectivity index (χ1v) is 6.14. The third-order valence-corrected chi connectivity index (χ3v) is 2.70. The second kappa shape index (κ2) is 5.50. The molecule has 0 atom stereocenters. The van der Waals surface area contributed by atoms with Crippen molar-refractivity contribution in [2.24, 2.45) is 0 Å². The summed E-state index contributed by atoms with van der Waals surface area (Å²) in [5.41, 5.74) is 0.882. The number of hydrogen-bond donors (Lipinski definition) is 0. The van der Waals surface area contributed by atoms with Gasteiger partial charge in [0, 0.05) is 5.69 Å². The molecule has 0 spiro atoms. The summed E-state index contributed by atoms with van der Waals surface area (Å²) in [5, 5.41) is 0.486. The van der Waals surface area contributed by atoms with Crippen LogP contribution < -0.4 is 0 Å². The lowest BCUT2D eigenvalue weighted by atomic mass is 10.4. The Morgan fingerprint density at radius 2 is 2.00 bits per heavy atom. The second-order valence-electron chi connectivity index (χ2n) is 4.43. The summed E-state index contributed by atoms with van der Waals surface area (Å²) in [7, 11) is 2.00. The van der Waals surface area contributed by atoms with E-state index < -0.39 is 0 Å². The molecule has 0 saturated carbocycles. The van der Waals surface area contributed by atoms with Gasteiger partial charge in [-0.05, 0) is 39.1 Å². The lowest BCUT2D eigenvalue weighted by Crippen LogP contribution is -2.18. The van der Waals surface area contributed by atoms with Crippen molar-refractivity contribution in [2.45, 2.75) is 26.9 Å². The van der Waals surface area contributed by atoms with Crippen LogP contribution in [0.5, 0.6) is 0 Å². The van der Waals surface area contributed by atoms with Gasteiger partial charge in [-0.25, -0.2) is 9.97 Å². The third kappa shape index (κ3) is 3.55. The highest BCUT2D eigenvalue weighted by Crippen LogP contribution is 2.11. The highest BCUT2D eigenvalue weighted by Gasteiger charge is 2.07. The van der Waals surface area contributed by atoms with Crippen molar-refractivity contribution in [1.82, 2.24) is 14.9 Å². The van der Waals surface area contributed by atoms with Gasteiger partial charge in [-0.1, -0.05) is 11.6 Å². The molecule has 0 saturated heterocycles. The maximum atomic E-state index is 5.91. The summed E-state index contributed by atoms with van der Waals surface area (Å²) in [5.74, 6) is 2.59. The van der Waals surface area contributed by atoms with E-state index in [2.05, 4.69) is 14.9 Å². The first-order chi connectivity index (χ1) is 8.52. The van der Waals surface area contributed by atoms with Crippen molar-refractivity contribution in [3.63, 3.8) is 0 Å². The Morgan fingerprint density at radius 3 is 2.61 bits per heavy atom. The van der Waals surface area contributed by atoms with Gasteiger partial charge in [-0.3, -0.25) is 4.90 Å². The predicted octanol–water partition coefficient (Wildman–Crippen LogP) is 2.97. The number of aryl methyl sites for hydroxylation is 2. The van der Waals surface area contributed by atoms with E-state index in [0.29, 0.717) is 11.7 Å². The maximum Gasteiger partial charge on any atom is 0.144 e. The average Bonchev–Trinajstić information content (AvgIpc) is 2.61. The molecule has 5 heteroatoms. The molecule has 0 bridgehead atoms. The SMILES string of the molecule is Cc1cc(Cl)nc(CN(C)Cc2ccc(C)o2)n1. The van der Waals surface area contributed by atoms with Crippen LogP contribution in [0.2, 0.25) is 5.15 Å². The standard InChI is InChI=1S/C13H16ClN3O/c1-9-6-12(14)16-13(15-9)8-17(3)7-11-5-4-10(2)18-11/h4-6H,7-8H2,1-3H3. The minimum atomic E-state index is 0.486. The van der Waals surface area contributed by atoms with Gasteiger partial charge in [0.1, 0.15) is 22.5 Å². The van der Waals surface area contributed by atoms with Gasteiger partial charge in [0.05, 0.1) is 13.1 Å². The van der Waals surface area contributed by atoms with Crippen molar-refractivity contribution < 1.29 is 4.42 Å². The van der Waals surface area contributed by atoms with Gasteiger partial charge in [-0.15, -0.1) is 0 Å². The van der Waals surface area contributed by atoms with Crippen molar-refractivity contribution in [3.05, 3.63) is 46.4 Å². The monoisotopic (exact) mass is 265 g/mol. The highest BCUT2D eigenvalue weighted by molar-refractivity contribution is 6.29. The minimum absolute atomic E-state index is 0.486. The number of nitrogens with zero attached hydrogens (tertiary/aromatic N) is 3.